The zero-order valence-electron chi connectivity index (χ0n) is 7.57. The summed E-state index contributed by atoms with van der Waals surface area (Å²) in [7, 11) is -1.81. The van der Waals surface area contributed by atoms with E-state index in [0.717, 1.165) is 6.07 Å². The number of nitrogens with zero attached hydrogens (tertiary/aromatic N) is 1. The van der Waals surface area contributed by atoms with Gasteiger partial charge in [-0.2, -0.15) is 5.26 Å². The number of hydrogen-bond donors (Lipinski definition) is 1. The van der Waals surface area contributed by atoms with Crippen LogP contribution in [-0.2, 0) is 4.52 Å². The molecule has 0 aromatic heterocycles. The fraction of sp³-hybridized carbons (Fsp3) is 0.222. The molecule has 0 heterocycles. The van der Waals surface area contributed by atoms with Crippen molar-refractivity contribution in [3.05, 3.63) is 29.6 Å². The van der Waals surface area contributed by atoms with Crippen molar-refractivity contribution in [2.45, 2.75) is 6.92 Å². The molecule has 74 valence electrons. The van der Waals surface area contributed by atoms with Gasteiger partial charge in [-0.1, -0.05) is 0 Å². The maximum Gasteiger partial charge on any atom is 0.202 e. The van der Waals surface area contributed by atoms with E-state index >= 15 is 0 Å². The molecule has 1 atom stereocenters. The average Bonchev–Trinajstić information content (AvgIpc) is 2.17. The monoisotopic (exact) mass is 213 g/mol. The van der Waals surface area contributed by atoms with Crippen molar-refractivity contribution in [3.63, 3.8) is 0 Å². The van der Waals surface area contributed by atoms with Crippen LogP contribution in [0.15, 0.2) is 18.2 Å². The first-order chi connectivity index (χ1) is 6.67. The SMILES string of the molecule is CCOP(O)c1cc(F)cc(C#N)c1. The van der Waals surface area contributed by atoms with E-state index in [2.05, 4.69) is 0 Å². The summed E-state index contributed by atoms with van der Waals surface area (Å²) in [6.45, 7) is 2.08. The van der Waals surface area contributed by atoms with Crippen LogP contribution in [0.2, 0.25) is 0 Å². The summed E-state index contributed by atoms with van der Waals surface area (Å²) < 4.78 is 17.8. The summed E-state index contributed by atoms with van der Waals surface area (Å²) >= 11 is 0. The Balaban J connectivity index is 2.98. The lowest BCUT2D eigenvalue weighted by Crippen LogP contribution is -2.04. The van der Waals surface area contributed by atoms with Crippen LogP contribution in [0.25, 0.3) is 0 Å². The van der Waals surface area contributed by atoms with Gasteiger partial charge in [-0.25, -0.2) is 4.39 Å². The molecule has 0 amide bonds. The average molecular weight is 213 g/mol. The highest BCUT2D eigenvalue weighted by atomic mass is 31.2. The van der Waals surface area contributed by atoms with Crippen LogP contribution < -0.4 is 5.30 Å². The highest BCUT2D eigenvalue weighted by molar-refractivity contribution is 7.55. The Morgan fingerprint density at radius 1 is 1.57 bits per heavy atom. The fourth-order valence-corrected chi connectivity index (χ4v) is 1.82. The fourth-order valence-electron chi connectivity index (χ4n) is 0.946. The second-order valence-electron chi connectivity index (χ2n) is 2.50. The molecule has 1 unspecified atom stereocenters. The summed E-state index contributed by atoms with van der Waals surface area (Å²) in [5.74, 6) is -0.541. The summed E-state index contributed by atoms with van der Waals surface area (Å²) in [6.07, 6.45) is 0. The molecular weight excluding hydrogens is 204 g/mol. The highest BCUT2D eigenvalue weighted by Crippen LogP contribution is 2.30. The van der Waals surface area contributed by atoms with Crippen LogP contribution >= 0.6 is 8.38 Å². The first-order valence-electron chi connectivity index (χ1n) is 4.00. The van der Waals surface area contributed by atoms with Crippen LogP contribution in [0, 0.1) is 17.1 Å². The van der Waals surface area contributed by atoms with Crippen LogP contribution in [0.5, 0.6) is 0 Å². The van der Waals surface area contributed by atoms with Crippen molar-refractivity contribution in [1.82, 2.24) is 0 Å². The maximum absolute atomic E-state index is 12.9. The van der Waals surface area contributed by atoms with E-state index in [1.165, 1.54) is 12.1 Å². The second kappa shape index (κ2) is 5.02. The molecule has 14 heavy (non-hydrogen) atoms. The number of nitriles is 1. The van der Waals surface area contributed by atoms with E-state index in [1.807, 2.05) is 6.07 Å². The third kappa shape index (κ3) is 2.74. The lowest BCUT2D eigenvalue weighted by atomic mass is 10.2. The topological polar surface area (TPSA) is 53.2 Å². The van der Waals surface area contributed by atoms with Gasteiger partial charge in [-0.15, -0.1) is 0 Å². The standard InChI is InChI=1S/C9H9FNO2P/c1-2-13-14(12)9-4-7(6-11)3-8(10)5-9/h3-5,12H,2H2,1H3. The molecule has 1 aromatic rings. The van der Waals surface area contributed by atoms with Gasteiger partial charge in [0.25, 0.3) is 0 Å². The van der Waals surface area contributed by atoms with Gasteiger partial charge in [0.15, 0.2) is 0 Å². The van der Waals surface area contributed by atoms with Crippen molar-refractivity contribution in [3.8, 4) is 6.07 Å². The maximum atomic E-state index is 12.9. The lowest BCUT2D eigenvalue weighted by Gasteiger charge is -2.09. The van der Waals surface area contributed by atoms with Gasteiger partial charge >= 0.3 is 0 Å². The van der Waals surface area contributed by atoms with Crippen LogP contribution in [-0.4, -0.2) is 11.5 Å². The third-order valence-electron chi connectivity index (χ3n) is 1.48. The Kier molecular flexibility index (Phi) is 3.97. The smallest absolute Gasteiger partial charge is 0.202 e. The zero-order valence-corrected chi connectivity index (χ0v) is 8.46. The minimum atomic E-state index is -1.81. The molecule has 0 aliphatic heterocycles. The Morgan fingerprint density at radius 2 is 2.29 bits per heavy atom. The van der Waals surface area contributed by atoms with Crippen LogP contribution in [0.3, 0.4) is 0 Å². The lowest BCUT2D eigenvalue weighted by molar-refractivity contribution is 0.337. The van der Waals surface area contributed by atoms with Gasteiger partial charge < -0.3 is 9.42 Å². The van der Waals surface area contributed by atoms with Gasteiger partial charge in [0.05, 0.1) is 18.2 Å². The predicted octanol–water partition coefficient (Wildman–Crippen LogP) is 1.66. The zero-order chi connectivity index (χ0) is 10.6. The first-order valence-corrected chi connectivity index (χ1v) is 5.21. The molecule has 1 rings (SSSR count). The molecule has 1 N–H and O–H groups in total. The molecule has 0 radical (unpaired) electrons. The van der Waals surface area contributed by atoms with Gasteiger partial charge in [0, 0.05) is 5.30 Å². The summed E-state index contributed by atoms with van der Waals surface area (Å²) in [5.41, 5.74) is 0.182. The van der Waals surface area contributed by atoms with Gasteiger partial charge in [-0.05, 0) is 25.1 Å². The quantitative estimate of drug-likeness (QED) is 0.777. The van der Waals surface area contributed by atoms with Crippen molar-refractivity contribution < 1.29 is 13.8 Å². The largest absolute Gasteiger partial charge is 0.346 e. The molecular formula is C9H9FNO2P. The van der Waals surface area contributed by atoms with Crippen LogP contribution in [0.4, 0.5) is 4.39 Å². The molecule has 0 saturated carbocycles. The molecule has 1 aromatic carbocycles. The summed E-state index contributed by atoms with van der Waals surface area (Å²) in [4.78, 5) is 9.43. The molecule has 5 heteroatoms. The predicted molar refractivity (Wildman–Crippen MR) is 51.5 cm³/mol. The van der Waals surface area contributed by atoms with E-state index < -0.39 is 14.2 Å². The van der Waals surface area contributed by atoms with E-state index in [-0.39, 0.29) is 5.56 Å². The first kappa shape index (κ1) is 11.1. The molecule has 3 nitrogen and oxygen atoms in total. The van der Waals surface area contributed by atoms with E-state index in [9.17, 15) is 9.28 Å². The van der Waals surface area contributed by atoms with Gasteiger partial charge in [0.1, 0.15) is 5.82 Å². The number of benzene rings is 1. The van der Waals surface area contributed by atoms with Gasteiger partial charge in [0.2, 0.25) is 8.38 Å². The van der Waals surface area contributed by atoms with Crippen molar-refractivity contribution in [2.75, 3.05) is 6.61 Å². The Hall–Kier alpha value is -1.01. The molecule has 0 aliphatic rings. The Morgan fingerprint density at radius 3 is 2.86 bits per heavy atom. The minimum Gasteiger partial charge on any atom is -0.346 e. The van der Waals surface area contributed by atoms with Gasteiger partial charge in [-0.3, -0.25) is 0 Å². The van der Waals surface area contributed by atoms with E-state index in [4.69, 9.17) is 9.79 Å². The number of halogens is 1. The van der Waals surface area contributed by atoms with Crippen molar-refractivity contribution in [2.24, 2.45) is 0 Å². The number of hydrogen-bond acceptors (Lipinski definition) is 3. The Bertz CT molecular complexity index is 364. The van der Waals surface area contributed by atoms with Crippen LogP contribution in [0.1, 0.15) is 12.5 Å². The molecule has 0 bridgehead atoms. The third-order valence-corrected chi connectivity index (χ3v) is 2.69. The van der Waals surface area contributed by atoms with E-state index in [1.54, 1.807) is 6.92 Å². The molecule has 0 spiro atoms. The number of rotatable bonds is 3. The molecule has 0 saturated heterocycles. The minimum absolute atomic E-state index is 0.182. The summed E-state index contributed by atoms with van der Waals surface area (Å²) in [5, 5.41) is 8.88. The van der Waals surface area contributed by atoms with E-state index in [0.29, 0.717) is 11.9 Å². The molecule has 0 fully saturated rings. The molecule has 0 aliphatic carbocycles. The highest BCUT2D eigenvalue weighted by Gasteiger charge is 2.10. The summed E-state index contributed by atoms with van der Waals surface area (Å²) in [6, 6.07) is 5.51. The normalized spacial score (nSPS) is 12.1. The van der Waals surface area contributed by atoms with Crippen molar-refractivity contribution in [1.29, 1.82) is 5.26 Å². The second-order valence-corrected chi connectivity index (χ2v) is 3.82. The van der Waals surface area contributed by atoms with Crippen molar-refractivity contribution >= 4 is 13.7 Å². The Labute approximate surface area is 82.7 Å².